The molecule has 0 aliphatic carbocycles. The van der Waals surface area contributed by atoms with E-state index in [4.69, 9.17) is 0 Å². The van der Waals surface area contributed by atoms with Gasteiger partial charge in [-0.3, -0.25) is 0 Å². The Bertz CT molecular complexity index is 526. The van der Waals surface area contributed by atoms with Crippen molar-refractivity contribution in [3.63, 3.8) is 0 Å². The van der Waals surface area contributed by atoms with E-state index in [-0.39, 0.29) is 6.61 Å². The highest BCUT2D eigenvalue weighted by Crippen LogP contribution is 2.15. The third-order valence-electron chi connectivity index (χ3n) is 2.90. The van der Waals surface area contributed by atoms with Gasteiger partial charge in [-0.1, -0.05) is 38.1 Å². The minimum atomic E-state index is 0.0915. The lowest BCUT2D eigenvalue weighted by Crippen LogP contribution is -1.98. The summed E-state index contributed by atoms with van der Waals surface area (Å²) in [5.41, 5.74) is 3.06. The summed E-state index contributed by atoms with van der Waals surface area (Å²) in [4.78, 5) is 0. The molecule has 0 spiro atoms. The first-order valence-corrected chi connectivity index (χ1v) is 6.12. The SMILES string of the molecule is CC(C)C(=Cc1cnn(-c2ccccc2)c1)CO. The van der Waals surface area contributed by atoms with Gasteiger partial charge in [0, 0.05) is 11.8 Å². The maximum Gasteiger partial charge on any atom is 0.0647 e. The van der Waals surface area contributed by atoms with Crippen LogP contribution in [-0.4, -0.2) is 21.5 Å². The van der Waals surface area contributed by atoms with Crippen LogP contribution in [-0.2, 0) is 0 Å². The summed E-state index contributed by atoms with van der Waals surface area (Å²) in [5.74, 6) is 0.343. The number of benzene rings is 1. The predicted molar refractivity (Wildman–Crippen MR) is 73.5 cm³/mol. The molecule has 1 aromatic carbocycles. The van der Waals surface area contributed by atoms with E-state index >= 15 is 0 Å². The number of hydrogen-bond acceptors (Lipinski definition) is 2. The Hall–Kier alpha value is -1.87. The zero-order chi connectivity index (χ0) is 13.0. The maximum absolute atomic E-state index is 9.29. The predicted octanol–water partition coefficient (Wildman–Crippen LogP) is 2.90. The summed E-state index contributed by atoms with van der Waals surface area (Å²) < 4.78 is 1.83. The number of rotatable bonds is 4. The molecule has 0 amide bonds. The van der Waals surface area contributed by atoms with E-state index in [0.717, 1.165) is 16.8 Å². The normalized spacial score (nSPS) is 12.1. The van der Waals surface area contributed by atoms with Gasteiger partial charge in [0.25, 0.3) is 0 Å². The second kappa shape index (κ2) is 5.65. The molecule has 0 atom stereocenters. The van der Waals surface area contributed by atoms with Crippen molar-refractivity contribution in [1.29, 1.82) is 0 Å². The van der Waals surface area contributed by atoms with Gasteiger partial charge in [-0.15, -0.1) is 0 Å². The third-order valence-corrected chi connectivity index (χ3v) is 2.90. The molecular weight excluding hydrogens is 224 g/mol. The van der Waals surface area contributed by atoms with Crippen LogP contribution in [0.4, 0.5) is 0 Å². The molecule has 18 heavy (non-hydrogen) atoms. The van der Waals surface area contributed by atoms with Crippen LogP contribution in [0.25, 0.3) is 11.8 Å². The third kappa shape index (κ3) is 2.87. The molecule has 0 bridgehead atoms. The zero-order valence-electron chi connectivity index (χ0n) is 10.7. The second-order valence-electron chi connectivity index (χ2n) is 4.59. The Morgan fingerprint density at radius 2 is 2.06 bits per heavy atom. The van der Waals surface area contributed by atoms with Gasteiger partial charge in [-0.25, -0.2) is 4.68 Å². The van der Waals surface area contributed by atoms with Crippen molar-refractivity contribution in [1.82, 2.24) is 9.78 Å². The minimum Gasteiger partial charge on any atom is -0.392 e. The van der Waals surface area contributed by atoms with Crippen LogP contribution in [0.1, 0.15) is 19.4 Å². The Morgan fingerprint density at radius 3 is 2.67 bits per heavy atom. The van der Waals surface area contributed by atoms with Gasteiger partial charge in [-0.2, -0.15) is 5.10 Å². The monoisotopic (exact) mass is 242 g/mol. The summed E-state index contributed by atoms with van der Waals surface area (Å²) in [6, 6.07) is 9.97. The van der Waals surface area contributed by atoms with Crippen molar-refractivity contribution in [2.24, 2.45) is 5.92 Å². The number of aliphatic hydroxyl groups is 1. The number of nitrogens with zero attached hydrogens (tertiary/aromatic N) is 2. The molecule has 0 fully saturated rings. The van der Waals surface area contributed by atoms with Crippen molar-refractivity contribution in [2.75, 3.05) is 6.61 Å². The second-order valence-corrected chi connectivity index (χ2v) is 4.59. The van der Waals surface area contributed by atoms with Crippen LogP contribution in [0.3, 0.4) is 0 Å². The molecule has 3 nitrogen and oxygen atoms in total. The van der Waals surface area contributed by atoms with E-state index in [2.05, 4.69) is 18.9 Å². The van der Waals surface area contributed by atoms with E-state index in [9.17, 15) is 5.11 Å². The smallest absolute Gasteiger partial charge is 0.0647 e. The fraction of sp³-hybridized carbons (Fsp3) is 0.267. The van der Waals surface area contributed by atoms with E-state index < -0.39 is 0 Å². The van der Waals surface area contributed by atoms with Crippen LogP contribution in [0.15, 0.2) is 48.3 Å². The first kappa shape index (κ1) is 12.6. The van der Waals surface area contributed by atoms with Gasteiger partial charge in [0.15, 0.2) is 0 Å². The number of aliphatic hydroxyl groups excluding tert-OH is 1. The van der Waals surface area contributed by atoms with Crippen molar-refractivity contribution >= 4 is 6.08 Å². The van der Waals surface area contributed by atoms with Gasteiger partial charge >= 0.3 is 0 Å². The quantitative estimate of drug-likeness (QED) is 0.895. The molecule has 94 valence electrons. The van der Waals surface area contributed by atoms with Gasteiger partial charge in [0.05, 0.1) is 18.5 Å². The molecule has 0 aliphatic rings. The maximum atomic E-state index is 9.29. The number of hydrogen-bond donors (Lipinski definition) is 1. The summed E-state index contributed by atoms with van der Waals surface area (Å²) in [6.07, 6.45) is 5.77. The number of para-hydroxylation sites is 1. The Labute approximate surface area is 107 Å². The molecule has 1 aromatic heterocycles. The standard InChI is InChI=1S/C15H18N2O/c1-12(2)14(11-18)8-13-9-16-17(10-13)15-6-4-3-5-7-15/h3-10,12,18H,11H2,1-2H3. The molecule has 0 unspecified atom stereocenters. The number of aromatic nitrogens is 2. The van der Waals surface area contributed by atoms with Crippen LogP contribution in [0.2, 0.25) is 0 Å². The van der Waals surface area contributed by atoms with Gasteiger partial charge in [-0.05, 0) is 23.6 Å². The van der Waals surface area contributed by atoms with Crippen molar-refractivity contribution in [3.05, 3.63) is 53.9 Å². The molecule has 1 heterocycles. The molecule has 2 aromatic rings. The first-order chi connectivity index (χ1) is 8.70. The highest BCUT2D eigenvalue weighted by Gasteiger charge is 2.04. The van der Waals surface area contributed by atoms with E-state index in [0.29, 0.717) is 5.92 Å². The lowest BCUT2D eigenvalue weighted by atomic mass is 10.0. The molecule has 2 rings (SSSR count). The summed E-state index contributed by atoms with van der Waals surface area (Å²) >= 11 is 0. The lowest BCUT2D eigenvalue weighted by Gasteiger charge is -2.06. The zero-order valence-corrected chi connectivity index (χ0v) is 10.7. The highest BCUT2D eigenvalue weighted by molar-refractivity contribution is 5.52. The van der Waals surface area contributed by atoms with Crippen molar-refractivity contribution < 1.29 is 5.11 Å². The summed E-state index contributed by atoms with van der Waals surface area (Å²) in [5, 5.41) is 13.6. The van der Waals surface area contributed by atoms with Crippen LogP contribution in [0.5, 0.6) is 0 Å². The van der Waals surface area contributed by atoms with Gasteiger partial charge in [0.1, 0.15) is 0 Å². The largest absolute Gasteiger partial charge is 0.392 e. The molecule has 0 aliphatic heterocycles. The fourth-order valence-corrected chi connectivity index (χ4v) is 1.74. The first-order valence-electron chi connectivity index (χ1n) is 6.12. The molecular formula is C15H18N2O. The van der Waals surface area contributed by atoms with E-state index in [1.54, 1.807) is 0 Å². The van der Waals surface area contributed by atoms with E-state index in [1.807, 2.05) is 53.5 Å². The van der Waals surface area contributed by atoms with Crippen molar-refractivity contribution in [2.45, 2.75) is 13.8 Å². The topological polar surface area (TPSA) is 38.0 Å². The van der Waals surface area contributed by atoms with Gasteiger partial charge in [0.2, 0.25) is 0 Å². The van der Waals surface area contributed by atoms with Crippen molar-refractivity contribution in [3.8, 4) is 5.69 Å². The average Bonchev–Trinajstić information content (AvgIpc) is 2.85. The minimum absolute atomic E-state index is 0.0915. The summed E-state index contributed by atoms with van der Waals surface area (Å²) in [7, 11) is 0. The fourth-order valence-electron chi connectivity index (χ4n) is 1.74. The van der Waals surface area contributed by atoms with Crippen LogP contribution >= 0.6 is 0 Å². The lowest BCUT2D eigenvalue weighted by molar-refractivity contribution is 0.320. The molecule has 0 radical (unpaired) electrons. The summed E-state index contributed by atoms with van der Waals surface area (Å²) in [6.45, 7) is 4.24. The average molecular weight is 242 g/mol. The van der Waals surface area contributed by atoms with Crippen LogP contribution < -0.4 is 0 Å². The Morgan fingerprint density at radius 1 is 1.33 bits per heavy atom. The highest BCUT2D eigenvalue weighted by atomic mass is 16.3. The van der Waals surface area contributed by atoms with Crippen LogP contribution in [0, 0.1) is 5.92 Å². The Balaban J connectivity index is 2.26. The molecule has 0 saturated carbocycles. The Kier molecular flexibility index (Phi) is 3.95. The molecule has 1 N–H and O–H groups in total. The molecule has 3 heteroatoms. The van der Waals surface area contributed by atoms with E-state index in [1.165, 1.54) is 0 Å². The van der Waals surface area contributed by atoms with Gasteiger partial charge < -0.3 is 5.11 Å². The molecule has 0 saturated heterocycles.